The molecular weight excluding hydrogens is 452 g/mol. The molecule has 0 spiro atoms. The third-order valence-corrected chi connectivity index (χ3v) is 7.48. The zero-order valence-corrected chi connectivity index (χ0v) is 19.9. The predicted molar refractivity (Wildman–Crippen MR) is 133 cm³/mol. The van der Waals surface area contributed by atoms with E-state index in [9.17, 15) is 18.0 Å². The Morgan fingerprint density at radius 1 is 0.971 bits per heavy atom. The number of nitrogens with zero attached hydrogens (tertiary/aromatic N) is 4. The number of benzene rings is 2. The number of rotatable bonds is 7. The van der Waals surface area contributed by atoms with Crippen molar-refractivity contribution in [3.05, 3.63) is 81.6 Å². The van der Waals surface area contributed by atoms with E-state index in [1.54, 1.807) is 35.2 Å². The number of unbranched alkanes of at least 4 members (excludes halogenated alkanes) is 1. The van der Waals surface area contributed by atoms with Crippen molar-refractivity contribution in [2.24, 2.45) is 0 Å². The molecule has 0 saturated carbocycles. The van der Waals surface area contributed by atoms with E-state index in [0.717, 1.165) is 18.4 Å². The van der Waals surface area contributed by atoms with Crippen LogP contribution in [0.15, 0.2) is 64.8 Å². The molecule has 3 aromatic rings. The predicted octanol–water partition coefficient (Wildman–Crippen LogP) is 2.96. The average Bonchev–Trinajstić information content (AvgIpc) is 2.87. The molecule has 8 nitrogen and oxygen atoms in total. The molecule has 0 aliphatic carbocycles. The molecule has 34 heavy (non-hydrogen) atoms. The van der Waals surface area contributed by atoms with Crippen molar-refractivity contribution in [1.29, 1.82) is 0 Å². The van der Waals surface area contributed by atoms with Crippen LogP contribution in [0.2, 0.25) is 0 Å². The van der Waals surface area contributed by atoms with Crippen molar-refractivity contribution in [1.82, 2.24) is 19.0 Å². The molecule has 4 rings (SSSR count). The first-order valence-electron chi connectivity index (χ1n) is 11.4. The van der Waals surface area contributed by atoms with Gasteiger partial charge in [-0.05, 0) is 24.1 Å². The van der Waals surface area contributed by atoms with E-state index in [0.29, 0.717) is 17.3 Å². The number of sulfonamides is 1. The molecule has 1 aliphatic heterocycles. The number of aromatic nitrogens is 2. The second kappa shape index (κ2) is 10.3. The van der Waals surface area contributed by atoms with Crippen LogP contribution >= 0.6 is 0 Å². The standard InChI is InChI=1S/C25H28N4O4S/c1-2-3-14-29-24(30)22-12-8-7-11-21(22)23(26-29)25(31)27-15-17-28(18-16-27)34(32,33)19-13-20-9-5-4-6-10-20/h4-13,19H,2-3,14-18H2,1H3/b19-13+. The molecule has 1 saturated heterocycles. The van der Waals surface area contributed by atoms with Crippen LogP contribution in [-0.2, 0) is 16.6 Å². The lowest BCUT2D eigenvalue weighted by Gasteiger charge is -2.33. The van der Waals surface area contributed by atoms with Crippen LogP contribution < -0.4 is 5.56 Å². The van der Waals surface area contributed by atoms with Gasteiger partial charge in [-0.1, -0.05) is 61.9 Å². The number of carbonyl (C=O) groups is 1. The minimum absolute atomic E-state index is 0.195. The summed E-state index contributed by atoms with van der Waals surface area (Å²) in [4.78, 5) is 27.8. The van der Waals surface area contributed by atoms with Crippen molar-refractivity contribution >= 4 is 32.8 Å². The summed E-state index contributed by atoms with van der Waals surface area (Å²) in [6.07, 6.45) is 3.26. The number of hydrogen-bond acceptors (Lipinski definition) is 5. The fourth-order valence-electron chi connectivity index (χ4n) is 3.96. The van der Waals surface area contributed by atoms with Crippen molar-refractivity contribution in [3.63, 3.8) is 0 Å². The number of aryl methyl sites for hydroxylation is 1. The number of hydrogen-bond donors (Lipinski definition) is 0. The lowest BCUT2D eigenvalue weighted by Crippen LogP contribution is -2.50. The van der Waals surface area contributed by atoms with E-state index in [1.165, 1.54) is 14.4 Å². The SMILES string of the molecule is CCCCn1nc(C(=O)N2CCN(S(=O)(=O)/C=C/c3ccccc3)CC2)c2ccccc2c1=O. The maximum Gasteiger partial charge on any atom is 0.275 e. The van der Waals surface area contributed by atoms with E-state index >= 15 is 0 Å². The molecule has 2 aromatic carbocycles. The summed E-state index contributed by atoms with van der Waals surface area (Å²) < 4.78 is 28.2. The van der Waals surface area contributed by atoms with Gasteiger partial charge in [0.25, 0.3) is 11.5 Å². The number of amides is 1. The van der Waals surface area contributed by atoms with Gasteiger partial charge in [0.05, 0.1) is 5.39 Å². The van der Waals surface area contributed by atoms with Crippen LogP contribution in [0.1, 0.15) is 35.8 Å². The van der Waals surface area contributed by atoms with Crippen LogP contribution in [0, 0.1) is 0 Å². The molecule has 1 aliphatic rings. The van der Waals surface area contributed by atoms with E-state index in [4.69, 9.17) is 0 Å². The Hall–Kier alpha value is -3.30. The van der Waals surface area contributed by atoms with Gasteiger partial charge in [-0.25, -0.2) is 13.1 Å². The Balaban J connectivity index is 1.52. The third-order valence-electron chi connectivity index (χ3n) is 5.91. The maximum atomic E-state index is 13.4. The summed E-state index contributed by atoms with van der Waals surface area (Å²) >= 11 is 0. The molecule has 2 heterocycles. The molecule has 0 unspecified atom stereocenters. The lowest BCUT2D eigenvalue weighted by atomic mass is 10.1. The van der Waals surface area contributed by atoms with Crippen LogP contribution in [0.25, 0.3) is 16.8 Å². The molecule has 9 heteroatoms. The van der Waals surface area contributed by atoms with E-state index in [2.05, 4.69) is 5.10 Å². The van der Waals surface area contributed by atoms with Crippen molar-refractivity contribution in [2.75, 3.05) is 26.2 Å². The smallest absolute Gasteiger partial charge is 0.275 e. The summed E-state index contributed by atoms with van der Waals surface area (Å²) in [6, 6.07) is 16.2. The summed E-state index contributed by atoms with van der Waals surface area (Å²) in [6.45, 7) is 3.37. The zero-order chi connectivity index (χ0) is 24.1. The number of fused-ring (bicyclic) bond motifs is 1. The Labute approximate surface area is 199 Å². The lowest BCUT2D eigenvalue weighted by molar-refractivity contribution is 0.0692. The first-order chi connectivity index (χ1) is 16.4. The van der Waals surface area contributed by atoms with Crippen molar-refractivity contribution in [2.45, 2.75) is 26.3 Å². The topological polar surface area (TPSA) is 92.6 Å². The summed E-state index contributed by atoms with van der Waals surface area (Å²) in [7, 11) is -3.60. The highest BCUT2D eigenvalue weighted by molar-refractivity contribution is 7.92. The van der Waals surface area contributed by atoms with Crippen LogP contribution in [0.4, 0.5) is 0 Å². The first kappa shape index (κ1) is 23.8. The number of carbonyl (C=O) groups excluding carboxylic acids is 1. The number of piperazine rings is 1. The van der Waals surface area contributed by atoms with Gasteiger partial charge in [0.15, 0.2) is 5.69 Å². The van der Waals surface area contributed by atoms with Gasteiger partial charge in [-0.3, -0.25) is 9.59 Å². The van der Waals surface area contributed by atoms with Crippen molar-refractivity contribution < 1.29 is 13.2 Å². The van der Waals surface area contributed by atoms with E-state index < -0.39 is 10.0 Å². The summed E-state index contributed by atoms with van der Waals surface area (Å²) in [5, 5.41) is 6.60. The van der Waals surface area contributed by atoms with Gasteiger partial charge in [0.2, 0.25) is 10.0 Å². The third kappa shape index (κ3) is 5.10. The van der Waals surface area contributed by atoms with Gasteiger partial charge < -0.3 is 4.90 Å². The monoisotopic (exact) mass is 480 g/mol. The minimum atomic E-state index is -3.60. The summed E-state index contributed by atoms with van der Waals surface area (Å²) in [5.74, 6) is -0.293. The fourth-order valence-corrected chi connectivity index (χ4v) is 5.14. The quantitative estimate of drug-likeness (QED) is 0.518. The normalized spacial score (nSPS) is 15.3. The molecule has 1 amide bonds. The highest BCUT2D eigenvalue weighted by Gasteiger charge is 2.29. The van der Waals surface area contributed by atoms with Crippen LogP contribution in [0.3, 0.4) is 0 Å². The van der Waals surface area contributed by atoms with E-state index in [1.807, 2.05) is 37.3 Å². The Bertz CT molecular complexity index is 1360. The highest BCUT2D eigenvalue weighted by atomic mass is 32.2. The maximum absolute atomic E-state index is 13.4. The molecule has 0 N–H and O–H groups in total. The Morgan fingerprint density at radius 3 is 2.29 bits per heavy atom. The van der Waals surface area contributed by atoms with Crippen LogP contribution in [0.5, 0.6) is 0 Å². The molecule has 1 fully saturated rings. The van der Waals surface area contributed by atoms with Gasteiger partial charge in [0.1, 0.15) is 0 Å². The molecule has 0 radical (unpaired) electrons. The fraction of sp³-hybridized carbons (Fsp3) is 0.320. The second-order valence-corrected chi connectivity index (χ2v) is 10.0. The molecule has 0 bridgehead atoms. The molecular formula is C25H28N4O4S. The summed E-state index contributed by atoms with van der Waals surface area (Å²) in [5.41, 5.74) is 0.823. The van der Waals surface area contributed by atoms with Gasteiger partial charge in [-0.2, -0.15) is 9.40 Å². The highest BCUT2D eigenvalue weighted by Crippen LogP contribution is 2.18. The van der Waals surface area contributed by atoms with Crippen molar-refractivity contribution in [3.8, 4) is 0 Å². The average molecular weight is 481 g/mol. The molecule has 178 valence electrons. The van der Waals surface area contributed by atoms with E-state index in [-0.39, 0.29) is 43.3 Å². The first-order valence-corrected chi connectivity index (χ1v) is 12.9. The minimum Gasteiger partial charge on any atom is -0.335 e. The molecule has 1 aromatic heterocycles. The zero-order valence-electron chi connectivity index (χ0n) is 19.1. The van der Waals surface area contributed by atoms with Gasteiger partial charge in [-0.15, -0.1) is 0 Å². The second-order valence-electron chi connectivity index (χ2n) is 8.23. The van der Waals surface area contributed by atoms with Gasteiger partial charge >= 0.3 is 0 Å². The van der Waals surface area contributed by atoms with Crippen LogP contribution in [-0.4, -0.2) is 59.5 Å². The van der Waals surface area contributed by atoms with Gasteiger partial charge in [0, 0.05) is 43.5 Å². The Morgan fingerprint density at radius 2 is 1.62 bits per heavy atom. The molecule has 0 atom stereocenters. The Kier molecular flexibility index (Phi) is 7.23. The largest absolute Gasteiger partial charge is 0.335 e.